The highest BCUT2D eigenvalue weighted by atomic mass is 19.4. The minimum absolute atomic E-state index is 0.136. The SMILES string of the molecule is CCOC(=O)C1(c2ccc(C(F)(F)F)cc2)C2C=CC(=O)N(Cc3ccccc3)C21. The van der Waals surface area contributed by atoms with Gasteiger partial charge in [0.2, 0.25) is 5.91 Å². The van der Waals surface area contributed by atoms with Crippen LogP contribution in [0, 0.1) is 5.92 Å². The zero-order chi connectivity index (χ0) is 21.5. The van der Waals surface area contributed by atoms with Gasteiger partial charge in [0, 0.05) is 12.5 Å². The smallest absolute Gasteiger partial charge is 0.416 e. The van der Waals surface area contributed by atoms with Crippen molar-refractivity contribution in [3.05, 3.63) is 83.4 Å². The van der Waals surface area contributed by atoms with Crippen molar-refractivity contribution in [3.63, 3.8) is 0 Å². The fourth-order valence-electron chi connectivity index (χ4n) is 4.39. The van der Waals surface area contributed by atoms with Gasteiger partial charge in [0.05, 0.1) is 18.2 Å². The quantitative estimate of drug-likeness (QED) is 0.691. The molecular formula is C23H20F3NO3. The van der Waals surface area contributed by atoms with E-state index >= 15 is 0 Å². The highest BCUT2D eigenvalue weighted by Gasteiger charge is 2.74. The number of amides is 1. The molecule has 4 rings (SSSR count). The van der Waals surface area contributed by atoms with E-state index in [1.54, 1.807) is 17.9 Å². The number of ether oxygens (including phenoxy) is 1. The molecule has 156 valence electrons. The maximum absolute atomic E-state index is 13.1. The predicted molar refractivity (Wildman–Crippen MR) is 103 cm³/mol. The summed E-state index contributed by atoms with van der Waals surface area (Å²) in [5, 5.41) is 0. The molecule has 30 heavy (non-hydrogen) atoms. The number of esters is 1. The van der Waals surface area contributed by atoms with E-state index in [0.29, 0.717) is 12.1 Å². The van der Waals surface area contributed by atoms with Crippen LogP contribution in [0.3, 0.4) is 0 Å². The van der Waals surface area contributed by atoms with Gasteiger partial charge in [0.1, 0.15) is 5.41 Å². The van der Waals surface area contributed by atoms with Crippen LogP contribution < -0.4 is 0 Å². The summed E-state index contributed by atoms with van der Waals surface area (Å²) in [7, 11) is 0. The lowest BCUT2D eigenvalue weighted by molar-refractivity contribution is -0.147. The molecule has 0 spiro atoms. The van der Waals surface area contributed by atoms with Crippen molar-refractivity contribution in [2.24, 2.45) is 5.92 Å². The van der Waals surface area contributed by atoms with Crippen LogP contribution in [0.4, 0.5) is 13.2 Å². The van der Waals surface area contributed by atoms with Gasteiger partial charge in [0.25, 0.3) is 0 Å². The molecule has 1 aliphatic heterocycles. The first kappa shape index (κ1) is 20.2. The summed E-state index contributed by atoms with van der Waals surface area (Å²) in [6.07, 6.45) is -1.38. The topological polar surface area (TPSA) is 46.6 Å². The molecule has 4 nitrogen and oxygen atoms in total. The molecule has 0 bridgehead atoms. The van der Waals surface area contributed by atoms with Crippen molar-refractivity contribution in [3.8, 4) is 0 Å². The van der Waals surface area contributed by atoms with Gasteiger partial charge in [-0.25, -0.2) is 0 Å². The molecule has 2 aromatic rings. The normalized spacial score (nSPS) is 25.1. The largest absolute Gasteiger partial charge is 0.465 e. The number of rotatable bonds is 5. The Balaban J connectivity index is 1.74. The second kappa shape index (κ2) is 7.31. The van der Waals surface area contributed by atoms with Crippen molar-refractivity contribution in [1.29, 1.82) is 0 Å². The van der Waals surface area contributed by atoms with Crippen LogP contribution in [0.1, 0.15) is 23.6 Å². The lowest BCUT2D eigenvalue weighted by Gasteiger charge is -2.26. The van der Waals surface area contributed by atoms with Crippen LogP contribution in [-0.4, -0.2) is 29.4 Å². The van der Waals surface area contributed by atoms with Gasteiger partial charge >= 0.3 is 12.1 Å². The highest BCUT2D eigenvalue weighted by Crippen LogP contribution is 2.60. The Morgan fingerprint density at radius 2 is 1.77 bits per heavy atom. The molecular weight excluding hydrogens is 395 g/mol. The van der Waals surface area contributed by atoms with Gasteiger partial charge < -0.3 is 9.64 Å². The molecule has 0 N–H and O–H groups in total. The number of halogens is 3. The Morgan fingerprint density at radius 1 is 1.10 bits per heavy atom. The number of fused-ring (bicyclic) bond motifs is 1. The number of hydrogen-bond donors (Lipinski definition) is 0. The van der Waals surface area contributed by atoms with E-state index in [1.807, 2.05) is 30.3 Å². The van der Waals surface area contributed by atoms with Crippen molar-refractivity contribution < 1.29 is 27.5 Å². The fourth-order valence-corrected chi connectivity index (χ4v) is 4.39. The second-order valence-electron chi connectivity index (χ2n) is 7.45. The van der Waals surface area contributed by atoms with Gasteiger partial charge in [0.15, 0.2) is 0 Å². The zero-order valence-corrected chi connectivity index (χ0v) is 16.2. The first-order valence-electron chi connectivity index (χ1n) is 9.67. The number of benzene rings is 2. The summed E-state index contributed by atoms with van der Waals surface area (Å²) in [4.78, 5) is 27.3. The van der Waals surface area contributed by atoms with E-state index in [9.17, 15) is 22.8 Å². The lowest BCUT2D eigenvalue weighted by Crippen LogP contribution is -2.39. The lowest BCUT2D eigenvalue weighted by atomic mass is 9.91. The zero-order valence-electron chi connectivity index (χ0n) is 16.2. The van der Waals surface area contributed by atoms with Gasteiger partial charge in [-0.05, 0) is 36.3 Å². The van der Waals surface area contributed by atoms with Crippen molar-refractivity contribution in [2.45, 2.75) is 31.1 Å². The van der Waals surface area contributed by atoms with Crippen LogP contribution in [0.5, 0.6) is 0 Å². The average molecular weight is 415 g/mol. The van der Waals surface area contributed by atoms with Crippen LogP contribution in [0.25, 0.3) is 0 Å². The van der Waals surface area contributed by atoms with E-state index in [-0.39, 0.29) is 18.4 Å². The third-order valence-electron chi connectivity index (χ3n) is 5.79. The fraction of sp³-hybridized carbons (Fsp3) is 0.304. The molecule has 1 fully saturated rings. The Bertz CT molecular complexity index is 985. The molecule has 0 radical (unpaired) electrons. The molecule has 1 amide bonds. The van der Waals surface area contributed by atoms with Crippen molar-refractivity contribution >= 4 is 11.9 Å². The van der Waals surface area contributed by atoms with Crippen LogP contribution in [-0.2, 0) is 32.5 Å². The Hall–Kier alpha value is -3.09. The third-order valence-corrected chi connectivity index (χ3v) is 5.79. The number of carbonyl (C=O) groups excluding carboxylic acids is 2. The average Bonchev–Trinajstić information content (AvgIpc) is 3.41. The molecule has 3 unspecified atom stereocenters. The van der Waals surface area contributed by atoms with Gasteiger partial charge in [-0.1, -0.05) is 48.5 Å². The molecule has 1 aliphatic carbocycles. The molecule has 3 atom stereocenters. The number of hydrogen-bond acceptors (Lipinski definition) is 3. The molecule has 0 saturated heterocycles. The first-order valence-corrected chi connectivity index (χ1v) is 9.67. The summed E-state index contributed by atoms with van der Waals surface area (Å²) in [5.74, 6) is -1.12. The molecule has 0 aromatic heterocycles. The van der Waals surface area contributed by atoms with E-state index < -0.39 is 29.2 Å². The maximum atomic E-state index is 13.1. The van der Waals surface area contributed by atoms with Crippen molar-refractivity contribution in [1.82, 2.24) is 4.90 Å². The number of nitrogens with zero attached hydrogens (tertiary/aromatic N) is 1. The summed E-state index contributed by atoms with van der Waals surface area (Å²) < 4.78 is 44.3. The molecule has 2 aromatic carbocycles. The summed E-state index contributed by atoms with van der Waals surface area (Å²) >= 11 is 0. The van der Waals surface area contributed by atoms with Gasteiger partial charge in [-0.2, -0.15) is 13.2 Å². The first-order chi connectivity index (χ1) is 14.3. The van der Waals surface area contributed by atoms with Crippen LogP contribution in [0.2, 0.25) is 0 Å². The molecule has 1 heterocycles. The molecule has 2 aliphatic rings. The third kappa shape index (κ3) is 3.18. The van der Waals surface area contributed by atoms with E-state index in [1.165, 1.54) is 18.2 Å². The number of carbonyl (C=O) groups is 2. The van der Waals surface area contributed by atoms with E-state index in [0.717, 1.165) is 17.7 Å². The van der Waals surface area contributed by atoms with Crippen LogP contribution in [0.15, 0.2) is 66.7 Å². The highest BCUT2D eigenvalue weighted by molar-refractivity contribution is 5.97. The maximum Gasteiger partial charge on any atom is 0.416 e. The standard InChI is InChI=1S/C23H20F3NO3/c1-2-30-21(29)22(16-8-10-17(11-9-16)23(24,25)26)18-12-13-19(28)27(20(18)22)14-15-6-4-3-5-7-15/h3-13,18,20H,2,14H2,1H3. The second-order valence-corrected chi connectivity index (χ2v) is 7.45. The number of alkyl halides is 3. The Kier molecular flexibility index (Phi) is 4.92. The Labute approximate surface area is 171 Å². The Morgan fingerprint density at radius 3 is 2.37 bits per heavy atom. The summed E-state index contributed by atoms with van der Waals surface area (Å²) in [5.41, 5.74) is -0.683. The van der Waals surface area contributed by atoms with Gasteiger partial charge in [-0.15, -0.1) is 0 Å². The van der Waals surface area contributed by atoms with E-state index in [2.05, 4.69) is 0 Å². The van der Waals surface area contributed by atoms with E-state index in [4.69, 9.17) is 4.74 Å². The van der Waals surface area contributed by atoms with Gasteiger partial charge in [-0.3, -0.25) is 9.59 Å². The summed E-state index contributed by atoms with van der Waals surface area (Å²) in [6.45, 7) is 2.11. The van der Waals surface area contributed by atoms with Crippen molar-refractivity contribution in [2.75, 3.05) is 6.61 Å². The summed E-state index contributed by atoms with van der Waals surface area (Å²) in [6, 6.07) is 13.4. The van der Waals surface area contributed by atoms with Crippen LogP contribution >= 0.6 is 0 Å². The predicted octanol–water partition coefficient (Wildman–Crippen LogP) is 4.10. The monoisotopic (exact) mass is 415 g/mol. The minimum atomic E-state index is -4.47. The molecule has 1 saturated carbocycles. The minimum Gasteiger partial charge on any atom is -0.465 e. The molecule has 7 heteroatoms.